The normalized spacial score (nSPS) is 12.4. The van der Waals surface area contributed by atoms with Crippen molar-refractivity contribution in [3.63, 3.8) is 0 Å². The van der Waals surface area contributed by atoms with E-state index in [0.717, 1.165) is 11.3 Å². The predicted molar refractivity (Wildman–Crippen MR) is 69.2 cm³/mol. The molecule has 2 aromatic rings. The summed E-state index contributed by atoms with van der Waals surface area (Å²) in [5, 5.41) is 10.7. The monoisotopic (exact) mass is 263 g/mol. The van der Waals surface area contributed by atoms with Crippen LogP contribution in [0, 0.1) is 13.8 Å². The van der Waals surface area contributed by atoms with Crippen molar-refractivity contribution in [1.82, 2.24) is 20.3 Å². The van der Waals surface area contributed by atoms with E-state index in [9.17, 15) is 4.79 Å². The number of nitrogens with two attached hydrogens (primary N) is 1. The van der Waals surface area contributed by atoms with Gasteiger partial charge in [0.05, 0.1) is 23.6 Å². The average molecular weight is 263 g/mol. The van der Waals surface area contributed by atoms with Crippen LogP contribution < -0.4 is 11.1 Å². The number of rotatable bonds is 4. The first-order valence-electron chi connectivity index (χ1n) is 5.97. The topological polar surface area (TPSA) is 99.0 Å². The van der Waals surface area contributed by atoms with E-state index in [-0.39, 0.29) is 18.5 Å². The molecule has 0 radical (unpaired) electrons. The van der Waals surface area contributed by atoms with Crippen molar-refractivity contribution in [3.8, 4) is 0 Å². The van der Waals surface area contributed by atoms with E-state index in [0.29, 0.717) is 11.4 Å². The fourth-order valence-corrected chi connectivity index (χ4v) is 2.08. The Labute approximate surface area is 110 Å². The number of nitrogen functional groups attached to an aromatic ring is 1. The molecule has 0 aliphatic heterocycles. The summed E-state index contributed by atoms with van der Waals surface area (Å²) in [6.45, 7) is 5.70. The van der Waals surface area contributed by atoms with Crippen molar-refractivity contribution in [1.29, 1.82) is 0 Å². The lowest BCUT2D eigenvalue weighted by atomic mass is 10.1. The molecule has 0 aromatic carbocycles. The van der Waals surface area contributed by atoms with Crippen molar-refractivity contribution in [2.75, 3.05) is 5.73 Å². The first-order chi connectivity index (χ1) is 8.97. The average Bonchev–Trinajstić information content (AvgIpc) is 2.85. The Morgan fingerprint density at radius 3 is 2.84 bits per heavy atom. The van der Waals surface area contributed by atoms with Crippen LogP contribution in [0.25, 0.3) is 0 Å². The third kappa shape index (κ3) is 2.93. The third-order valence-electron chi connectivity index (χ3n) is 2.86. The summed E-state index contributed by atoms with van der Waals surface area (Å²) in [6.07, 6.45) is 3.12. The van der Waals surface area contributed by atoms with E-state index >= 15 is 0 Å². The summed E-state index contributed by atoms with van der Waals surface area (Å²) in [7, 11) is 0. The van der Waals surface area contributed by atoms with Gasteiger partial charge in [0.15, 0.2) is 0 Å². The first kappa shape index (κ1) is 13.1. The second-order valence-corrected chi connectivity index (χ2v) is 4.50. The van der Waals surface area contributed by atoms with Crippen LogP contribution in [0.3, 0.4) is 0 Å². The Kier molecular flexibility index (Phi) is 3.55. The Hall–Kier alpha value is -2.31. The van der Waals surface area contributed by atoms with Gasteiger partial charge in [-0.2, -0.15) is 5.10 Å². The fourth-order valence-electron chi connectivity index (χ4n) is 2.08. The summed E-state index contributed by atoms with van der Waals surface area (Å²) in [5.74, 6) is 0.573. The summed E-state index contributed by atoms with van der Waals surface area (Å²) >= 11 is 0. The van der Waals surface area contributed by atoms with Crippen LogP contribution in [0.15, 0.2) is 16.9 Å². The number of aryl methyl sites for hydroxylation is 2. The summed E-state index contributed by atoms with van der Waals surface area (Å²) in [4.78, 5) is 11.9. The lowest BCUT2D eigenvalue weighted by Crippen LogP contribution is -2.30. The lowest BCUT2D eigenvalue weighted by Gasteiger charge is -2.13. The highest BCUT2D eigenvalue weighted by atomic mass is 16.5. The molecular weight excluding hydrogens is 246 g/mol. The zero-order valence-corrected chi connectivity index (χ0v) is 11.2. The molecule has 0 fully saturated rings. The number of amides is 1. The van der Waals surface area contributed by atoms with Crippen LogP contribution in [0.2, 0.25) is 0 Å². The largest absolute Gasteiger partial charge is 0.396 e. The highest BCUT2D eigenvalue weighted by Gasteiger charge is 2.18. The van der Waals surface area contributed by atoms with E-state index in [4.69, 9.17) is 10.3 Å². The molecule has 0 bridgehead atoms. The second-order valence-electron chi connectivity index (χ2n) is 4.50. The zero-order valence-electron chi connectivity index (χ0n) is 11.2. The molecule has 2 heterocycles. The number of carbonyl (C=O) groups excluding carboxylic acids is 1. The van der Waals surface area contributed by atoms with Crippen LogP contribution in [0.4, 0.5) is 5.69 Å². The number of nitrogens with zero attached hydrogens (tertiary/aromatic N) is 3. The van der Waals surface area contributed by atoms with Gasteiger partial charge in [0.2, 0.25) is 5.91 Å². The molecule has 19 heavy (non-hydrogen) atoms. The van der Waals surface area contributed by atoms with Gasteiger partial charge in [-0.05, 0) is 20.8 Å². The van der Waals surface area contributed by atoms with Gasteiger partial charge in [-0.1, -0.05) is 5.16 Å². The maximum atomic E-state index is 11.9. The molecule has 0 aliphatic carbocycles. The molecule has 0 saturated heterocycles. The van der Waals surface area contributed by atoms with Gasteiger partial charge in [-0.3, -0.25) is 9.48 Å². The molecule has 2 rings (SSSR count). The number of hydrogen-bond acceptors (Lipinski definition) is 5. The molecule has 3 N–H and O–H groups in total. The van der Waals surface area contributed by atoms with E-state index < -0.39 is 0 Å². The minimum Gasteiger partial charge on any atom is -0.396 e. The van der Waals surface area contributed by atoms with E-state index in [1.807, 2.05) is 20.8 Å². The van der Waals surface area contributed by atoms with E-state index in [1.165, 1.54) is 10.9 Å². The quantitative estimate of drug-likeness (QED) is 0.855. The number of carbonyl (C=O) groups is 1. The van der Waals surface area contributed by atoms with Crippen LogP contribution in [-0.2, 0) is 11.3 Å². The Bertz CT molecular complexity index is 567. The fraction of sp³-hybridized carbons (Fsp3) is 0.417. The zero-order chi connectivity index (χ0) is 14.0. The highest BCUT2D eigenvalue weighted by Crippen LogP contribution is 2.20. The van der Waals surface area contributed by atoms with Gasteiger partial charge < -0.3 is 15.6 Å². The van der Waals surface area contributed by atoms with Gasteiger partial charge in [0, 0.05) is 11.8 Å². The third-order valence-corrected chi connectivity index (χ3v) is 2.86. The molecule has 2 aromatic heterocycles. The first-order valence-corrected chi connectivity index (χ1v) is 5.97. The lowest BCUT2D eigenvalue weighted by molar-refractivity contribution is -0.122. The number of anilines is 1. The SMILES string of the molecule is Cc1noc(C)c1C(C)NC(=O)Cn1cc(N)cn1. The van der Waals surface area contributed by atoms with Crippen LogP contribution in [0.5, 0.6) is 0 Å². The number of aromatic nitrogens is 3. The minimum absolute atomic E-state index is 0.130. The van der Waals surface area contributed by atoms with Gasteiger partial charge in [-0.15, -0.1) is 0 Å². The van der Waals surface area contributed by atoms with E-state index in [1.54, 1.807) is 6.20 Å². The Balaban J connectivity index is 1.99. The molecule has 1 atom stereocenters. The van der Waals surface area contributed by atoms with Gasteiger partial charge in [0.25, 0.3) is 0 Å². The van der Waals surface area contributed by atoms with Crippen molar-refractivity contribution in [2.45, 2.75) is 33.4 Å². The number of nitrogens with one attached hydrogen (secondary N) is 1. The van der Waals surface area contributed by atoms with Crippen molar-refractivity contribution >= 4 is 11.6 Å². The second kappa shape index (κ2) is 5.13. The van der Waals surface area contributed by atoms with E-state index in [2.05, 4.69) is 15.6 Å². The van der Waals surface area contributed by atoms with Crippen molar-refractivity contribution < 1.29 is 9.32 Å². The van der Waals surface area contributed by atoms with Gasteiger partial charge in [-0.25, -0.2) is 0 Å². The van der Waals surface area contributed by atoms with Gasteiger partial charge >= 0.3 is 0 Å². The molecule has 7 heteroatoms. The molecule has 0 spiro atoms. The Morgan fingerprint density at radius 2 is 2.32 bits per heavy atom. The molecule has 7 nitrogen and oxygen atoms in total. The smallest absolute Gasteiger partial charge is 0.242 e. The maximum absolute atomic E-state index is 11.9. The molecule has 0 aliphatic rings. The van der Waals surface area contributed by atoms with Crippen molar-refractivity contribution in [3.05, 3.63) is 29.4 Å². The van der Waals surface area contributed by atoms with Crippen LogP contribution >= 0.6 is 0 Å². The summed E-state index contributed by atoms with van der Waals surface area (Å²) in [6, 6.07) is -0.161. The van der Waals surface area contributed by atoms with Gasteiger partial charge in [0.1, 0.15) is 12.3 Å². The highest BCUT2D eigenvalue weighted by molar-refractivity contribution is 5.76. The molecule has 1 unspecified atom stereocenters. The predicted octanol–water partition coefficient (Wildman–Crippen LogP) is 0.948. The van der Waals surface area contributed by atoms with Crippen LogP contribution in [0.1, 0.15) is 30.0 Å². The van der Waals surface area contributed by atoms with Crippen molar-refractivity contribution in [2.24, 2.45) is 0 Å². The molecule has 1 amide bonds. The molecule has 102 valence electrons. The Morgan fingerprint density at radius 1 is 1.58 bits per heavy atom. The standard InChI is InChI=1S/C12H17N5O2/c1-7(12-8(2)16-19-9(12)3)15-11(18)6-17-5-10(13)4-14-17/h4-5,7H,6,13H2,1-3H3,(H,15,18). The van der Waals surface area contributed by atoms with Crippen LogP contribution in [-0.4, -0.2) is 20.8 Å². The molecule has 0 saturated carbocycles. The minimum atomic E-state index is -0.161. The molecular formula is C12H17N5O2. The summed E-state index contributed by atoms with van der Waals surface area (Å²) < 4.78 is 6.58. The summed E-state index contributed by atoms with van der Waals surface area (Å²) in [5.41, 5.74) is 7.77. The maximum Gasteiger partial charge on any atom is 0.242 e. The number of hydrogen-bond donors (Lipinski definition) is 2.